The molecule has 1 unspecified atom stereocenters. The fourth-order valence-electron chi connectivity index (χ4n) is 4.24. The lowest BCUT2D eigenvalue weighted by Crippen LogP contribution is -2.10. The number of hydrogen-bond donors (Lipinski definition) is 1. The van der Waals surface area contributed by atoms with Gasteiger partial charge in [-0.15, -0.1) is 0 Å². The van der Waals surface area contributed by atoms with Gasteiger partial charge >= 0.3 is 0 Å². The van der Waals surface area contributed by atoms with Crippen molar-refractivity contribution in [3.63, 3.8) is 0 Å². The van der Waals surface area contributed by atoms with Gasteiger partial charge < -0.3 is 5.11 Å². The molecule has 28 heavy (non-hydrogen) atoms. The van der Waals surface area contributed by atoms with Crippen molar-refractivity contribution >= 4 is 11.6 Å². The molecule has 140 valence electrons. The molecule has 3 aromatic carbocycles. The highest BCUT2D eigenvalue weighted by molar-refractivity contribution is 6.30. The van der Waals surface area contributed by atoms with Crippen molar-refractivity contribution in [1.82, 2.24) is 0 Å². The van der Waals surface area contributed by atoms with Crippen molar-refractivity contribution < 1.29 is 5.11 Å². The standard InChI is InChI=1S/C26H23ClO/c1-18(2)25-23(17-24(28)19-10-9-15-22(27)16-19)26(25,20-11-5-3-6-12-20)21-13-7-4-8-14-21/h3-17,24,28H,1-2H3/b23-17-. The van der Waals surface area contributed by atoms with Crippen LogP contribution >= 0.6 is 11.6 Å². The highest BCUT2D eigenvalue weighted by atomic mass is 35.5. The number of aliphatic hydroxyl groups is 1. The zero-order chi connectivity index (χ0) is 19.7. The molecule has 0 heterocycles. The van der Waals surface area contributed by atoms with Crippen LogP contribution < -0.4 is 0 Å². The van der Waals surface area contributed by atoms with E-state index in [1.165, 1.54) is 22.3 Å². The summed E-state index contributed by atoms with van der Waals surface area (Å²) in [5.41, 5.74) is 6.65. The van der Waals surface area contributed by atoms with Crippen molar-refractivity contribution in [1.29, 1.82) is 0 Å². The van der Waals surface area contributed by atoms with Crippen LogP contribution in [0.4, 0.5) is 0 Å². The summed E-state index contributed by atoms with van der Waals surface area (Å²) in [6, 6.07) is 28.5. The first-order valence-electron chi connectivity index (χ1n) is 9.50. The summed E-state index contributed by atoms with van der Waals surface area (Å²) in [6.07, 6.45) is 1.27. The zero-order valence-electron chi connectivity index (χ0n) is 16.1. The monoisotopic (exact) mass is 386 g/mol. The van der Waals surface area contributed by atoms with Gasteiger partial charge in [-0.3, -0.25) is 0 Å². The van der Waals surface area contributed by atoms with Crippen LogP contribution in [0, 0.1) is 0 Å². The Bertz CT molecular complexity index is 1000. The minimum Gasteiger partial charge on any atom is -0.384 e. The van der Waals surface area contributed by atoms with Crippen LogP contribution in [-0.2, 0) is 5.41 Å². The second-order valence-electron chi connectivity index (χ2n) is 7.44. The molecule has 0 saturated heterocycles. The van der Waals surface area contributed by atoms with E-state index in [1.807, 2.05) is 42.5 Å². The first kappa shape index (κ1) is 18.7. The Morgan fingerprint density at radius 3 is 1.93 bits per heavy atom. The molecule has 0 aliphatic heterocycles. The van der Waals surface area contributed by atoms with Gasteiger partial charge in [0.05, 0.1) is 11.5 Å². The van der Waals surface area contributed by atoms with E-state index < -0.39 is 6.10 Å². The van der Waals surface area contributed by atoms with Crippen LogP contribution in [-0.4, -0.2) is 5.11 Å². The van der Waals surface area contributed by atoms with Crippen molar-refractivity contribution in [3.05, 3.63) is 129 Å². The van der Waals surface area contributed by atoms with Crippen LogP contribution in [0.2, 0.25) is 5.02 Å². The van der Waals surface area contributed by atoms with E-state index >= 15 is 0 Å². The highest BCUT2D eigenvalue weighted by Crippen LogP contribution is 2.65. The summed E-state index contributed by atoms with van der Waals surface area (Å²) in [4.78, 5) is 0. The molecule has 1 N–H and O–H groups in total. The highest BCUT2D eigenvalue weighted by Gasteiger charge is 2.57. The summed E-state index contributed by atoms with van der Waals surface area (Å²) >= 11 is 6.13. The molecule has 4 rings (SSSR count). The average Bonchev–Trinajstić information content (AvgIpc) is 3.39. The van der Waals surface area contributed by atoms with Gasteiger partial charge in [0.2, 0.25) is 0 Å². The average molecular weight is 387 g/mol. The van der Waals surface area contributed by atoms with Crippen LogP contribution in [0.1, 0.15) is 36.6 Å². The Balaban J connectivity index is 1.90. The number of halogens is 1. The molecule has 2 heteroatoms. The molecule has 3 aromatic rings. The Labute approximate surface area is 171 Å². The summed E-state index contributed by atoms with van der Waals surface area (Å²) in [5, 5.41) is 11.6. The van der Waals surface area contributed by atoms with Gasteiger partial charge in [0.15, 0.2) is 0 Å². The van der Waals surface area contributed by atoms with Crippen LogP contribution in [0.3, 0.4) is 0 Å². The lowest BCUT2D eigenvalue weighted by Gasteiger charge is -2.17. The molecule has 1 fully saturated rings. The second kappa shape index (κ2) is 7.43. The molecule has 1 atom stereocenters. The maximum Gasteiger partial charge on any atom is 0.0978 e. The van der Waals surface area contributed by atoms with E-state index in [9.17, 15) is 5.11 Å². The Hall–Kier alpha value is -2.61. The van der Waals surface area contributed by atoms with E-state index in [2.05, 4.69) is 62.4 Å². The lowest BCUT2D eigenvalue weighted by atomic mass is 9.85. The molecule has 0 bridgehead atoms. The van der Waals surface area contributed by atoms with Gasteiger partial charge in [-0.25, -0.2) is 0 Å². The van der Waals surface area contributed by atoms with E-state index in [0.717, 1.165) is 11.1 Å². The van der Waals surface area contributed by atoms with E-state index in [1.54, 1.807) is 0 Å². The molecule has 0 spiro atoms. The molecule has 0 radical (unpaired) electrons. The molecular formula is C26H23ClO. The number of benzene rings is 3. The normalized spacial score (nSPS) is 17.4. The van der Waals surface area contributed by atoms with Crippen molar-refractivity contribution in [3.8, 4) is 0 Å². The van der Waals surface area contributed by atoms with E-state index in [-0.39, 0.29) is 5.41 Å². The number of rotatable bonds is 4. The smallest absolute Gasteiger partial charge is 0.0978 e. The van der Waals surface area contributed by atoms with Crippen LogP contribution in [0.25, 0.3) is 0 Å². The molecule has 1 saturated carbocycles. The first-order valence-corrected chi connectivity index (χ1v) is 9.88. The molecule has 0 amide bonds. The predicted octanol–water partition coefficient (Wildman–Crippen LogP) is 6.64. The molecular weight excluding hydrogens is 364 g/mol. The second-order valence-corrected chi connectivity index (χ2v) is 7.87. The minimum atomic E-state index is -0.711. The summed E-state index contributed by atoms with van der Waals surface area (Å²) in [6.45, 7) is 4.28. The maximum absolute atomic E-state index is 10.9. The van der Waals surface area contributed by atoms with Gasteiger partial charge in [-0.2, -0.15) is 0 Å². The molecule has 1 nitrogen and oxygen atoms in total. The van der Waals surface area contributed by atoms with Gasteiger partial charge in [0.1, 0.15) is 0 Å². The first-order chi connectivity index (χ1) is 13.5. The number of aliphatic hydroxyl groups excluding tert-OH is 1. The predicted molar refractivity (Wildman–Crippen MR) is 117 cm³/mol. The van der Waals surface area contributed by atoms with Crippen LogP contribution in [0.5, 0.6) is 0 Å². The molecule has 1 aliphatic carbocycles. The van der Waals surface area contributed by atoms with Gasteiger partial charge in [-0.1, -0.05) is 90.0 Å². The van der Waals surface area contributed by atoms with E-state index in [4.69, 9.17) is 11.6 Å². The van der Waals surface area contributed by atoms with E-state index in [0.29, 0.717) is 5.02 Å². The third-order valence-corrected chi connectivity index (χ3v) is 5.65. The largest absolute Gasteiger partial charge is 0.384 e. The van der Waals surface area contributed by atoms with Gasteiger partial charge in [-0.05, 0) is 59.9 Å². The van der Waals surface area contributed by atoms with Crippen molar-refractivity contribution in [2.24, 2.45) is 0 Å². The number of allylic oxidation sites excluding steroid dienone is 3. The third-order valence-electron chi connectivity index (χ3n) is 5.41. The molecule has 0 aromatic heterocycles. The van der Waals surface area contributed by atoms with Crippen LogP contribution in [0.15, 0.2) is 108 Å². The van der Waals surface area contributed by atoms with Gasteiger partial charge in [0.25, 0.3) is 0 Å². The SMILES string of the molecule is CC(C)=C1/C(=C/C(O)c2cccc(Cl)c2)C1(c1ccccc1)c1ccccc1. The quantitative estimate of drug-likeness (QED) is 0.533. The molecule has 1 aliphatic rings. The Morgan fingerprint density at radius 2 is 1.43 bits per heavy atom. The summed E-state index contributed by atoms with van der Waals surface area (Å²) in [7, 11) is 0. The fourth-order valence-corrected chi connectivity index (χ4v) is 4.44. The lowest BCUT2D eigenvalue weighted by molar-refractivity contribution is 0.228. The summed E-state index contributed by atoms with van der Waals surface area (Å²) in [5.74, 6) is 0. The Kier molecular flexibility index (Phi) is 4.97. The Morgan fingerprint density at radius 1 is 0.857 bits per heavy atom. The topological polar surface area (TPSA) is 20.2 Å². The number of hydrogen-bond acceptors (Lipinski definition) is 1. The summed E-state index contributed by atoms with van der Waals surface area (Å²) < 4.78 is 0. The van der Waals surface area contributed by atoms with Gasteiger partial charge in [0, 0.05) is 5.02 Å². The zero-order valence-corrected chi connectivity index (χ0v) is 16.8. The third kappa shape index (κ3) is 3.11. The maximum atomic E-state index is 10.9. The van der Waals surface area contributed by atoms with Crippen molar-refractivity contribution in [2.75, 3.05) is 0 Å². The fraction of sp³-hybridized carbons (Fsp3) is 0.154. The van der Waals surface area contributed by atoms with Crippen molar-refractivity contribution in [2.45, 2.75) is 25.4 Å². The minimum absolute atomic E-state index is 0.305.